The van der Waals surface area contributed by atoms with E-state index in [9.17, 15) is 17.3 Å². The average molecular weight is 243 g/mol. The molecule has 44 valence electrons. The summed E-state index contributed by atoms with van der Waals surface area (Å²) in [6.07, 6.45) is 0. The van der Waals surface area contributed by atoms with E-state index in [0.29, 0.717) is 0 Å². The van der Waals surface area contributed by atoms with Crippen LogP contribution in [0.4, 0.5) is 17.3 Å². The van der Waals surface area contributed by atoms with Gasteiger partial charge in [-0.3, -0.25) is 0 Å². The normalized spacial score (nSPS) is 8.57. The van der Waals surface area contributed by atoms with E-state index in [4.69, 9.17) is 0 Å². The molecule has 0 bridgehead atoms. The van der Waals surface area contributed by atoms with Crippen LogP contribution in [0, 0.1) is 0 Å². The van der Waals surface area contributed by atoms with Gasteiger partial charge in [0.25, 0.3) is 0 Å². The number of halogens is 4. The molecule has 7 heavy (non-hydrogen) atoms. The number of hydrogen-bond acceptors (Lipinski definition) is 1. The summed E-state index contributed by atoms with van der Waals surface area (Å²) in [6.45, 7) is 0. The maximum absolute atomic E-state index is 9.75. The average Bonchev–Trinajstić information content (AvgIpc) is 0.722. The van der Waals surface area contributed by atoms with Crippen LogP contribution >= 0.6 is 0 Å². The summed E-state index contributed by atoms with van der Waals surface area (Å²) < 4.78 is 39.0. The molecule has 0 aromatic rings. The van der Waals surface area contributed by atoms with E-state index in [1.54, 1.807) is 0 Å². The van der Waals surface area contributed by atoms with Crippen molar-refractivity contribution in [1.82, 2.24) is 6.15 Å². The molecule has 0 radical (unpaired) electrons. The van der Waals surface area contributed by atoms with Gasteiger partial charge in [-0.15, -0.1) is 0 Å². The molecule has 7 heteroatoms. The van der Waals surface area contributed by atoms with Crippen molar-refractivity contribution in [3.05, 3.63) is 0 Å². The summed E-state index contributed by atoms with van der Waals surface area (Å²) in [6, 6.07) is 0. The summed E-state index contributed by atoms with van der Waals surface area (Å²) in [5.41, 5.74) is 0. The van der Waals surface area contributed by atoms with Gasteiger partial charge in [0.1, 0.15) is 0 Å². The quantitative estimate of drug-likeness (QED) is 0.489. The Labute approximate surface area is 78.6 Å². The molecule has 0 unspecified atom stereocenters. The van der Waals surface area contributed by atoms with Crippen molar-refractivity contribution in [2.24, 2.45) is 0 Å². The Bertz CT molecular complexity index is 27.2. The zero-order valence-corrected chi connectivity index (χ0v) is 2.80. The topological polar surface area (TPSA) is 35.0 Å². The van der Waals surface area contributed by atoms with Crippen LogP contribution in [0.25, 0.3) is 0 Å². The molecule has 0 aliphatic heterocycles. The van der Waals surface area contributed by atoms with Gasteiger partial charge < -0.3 is 23.4 Å². The predicted molar refractivity (Wildman–Crippen MR) is 23.8 cm³/mol. The summed E-state index contributed by atoms with van der Waals surface area (Å²) >= 11 is 0. The number of hydrogen-bond donors (Lipinski definition) is 1. The molecule has 1 nitrogen and oxygen atoms in total. The molecule has 0 spiro atoms. The monoisotopic (exact) mass is 244 g/mol. The van der Waals surface area contributed by atoms with Gasteiger partial charge in [0.15, 0.2) is 0 Å². The minimum atomic E-state index is -6.00. The van der Waals surface area contributed by atoms with Gasteiger partial charge >= 0.3 is 56.1 Å². The Balaban J connectivity index is -0.0000000800. The molecular formula is H5BBaF4N-. The van der Waals surface area contributed by atoms with Crippen LogP contribution in [-0.4, -0.2) is 56.1 Å². The SMILES string of the molecule is F[B-](F)(F)F.N.[BaH2]. The summed E-state index contributed by atoms with van der Waals surface area (Å²) in [7, 11) is -6.00. The van der Waals surface area contributed by atoms with Gasteiger partial charge in [-0.2, -0.15) is 0 Å². The van der Waals surface area contributed by atoms with Crippen molar-refractivity contribution in [3.8, 4) is 0 Å². The van der Waals surface area contributed by atoms with Gasteiger partial charge in [0.2, 0.25) is 0 Å². The zero-order chi connectivity index (χ0) is 4.50. The first-order chi connectivity index (χ1) is 2.00. The molecule has 0 rings (SSSR count). The summed E-state index contributed by atoms with van der Waals surface area (Å²) in [5.74, 6) is 0. The molecule has 0 fully saturated rings. The van der Waals surface area contributed by atoms with Crippen molar-refractivity contribution in [2.45, 2.75) is 0 Å². The Morgan fingerprint density at radius 1 is 0.857 bits per heavy atom. The first-order valence-electron chi connectivity index (χ1n) is 0.873. The third-order valence-electron chi connectivity index (χ3n) is 0. The van der Waals surface area contributed by atoms with Crippen LogP contribution < -0.4 is 6.15 Å². The van der Waals surface area contributed by atoms with Crippen molar-refractivity contribution < 1.29 is 17.3 Å². The minimum absolute atomic E-state index is 0. The Morgan fingerprint density at radius 2 is 0.857 bits per heavy atom. The van der Waals surface area contributed by atoms with E-state index >= 15 is 0 Å². The van der Waals surface area contributed by atoms with Crippen LogP contribution in [0.1, 0.15) is 0 Å². The molecule has 0 aliphatic carbocycles. The molecule has 3 N–H and O–H groups in total. The van der Waals surface area contributed by atoms with E-state index < -0.39 is 7.25 Å². The van der Waals surface area contributed by atoms with E-state index in [1.807, 2.05) is 0 Å². The van der Waals surface area contributed by atoms with E-state index in [0.717, 1.165) is 0 Å². The Hall–Kier alpha value is 1.32. The van der Waals surface area contributed by atoms with Gasteiger partial charge in [-0.25, -0.2) is 0 Å². The first-order valence-corrected chi connectivity index (χ1v) is 0.873. The van der Waals surface area contributed by atoms with Crippen LogP contribution in [0.2, 0.25) is 0 Å². The second kappa shape index (κ2) is 5.45. The fraction of sp³-hybridized carbons (Fsp3) is 0. The molecule has 0 heterocycles. The van der Waals surface area contributed by atoms with E-state index in [-0.39, 0.29) is 55.0 Å². The van der Waals surface area contributed by atoms with Gasteiger partial charge in [0, 0.05) is 0 Å². The van der Waals surface area contributed by atoms with Gasteiger partial charge in [0.05, 0.1) is 0 Å². The molecule has 0 aromatic heterocycles. The van der Waals surface area contributed by atoms with Gasteiger partial charge in [-0.1, -0.05) is 0 Å². The molecule has 0 aromatic carbocycles. The van der Waals surface area contributed by atoms with Gasteiger partial charge in [-0.05, 0) is 0 Å². The van der Waals surface area contributed by atoms with Crippen LogP contribution in [0.15, 0.2) is 0 Å². The standard InChI is InChI=1S/BF4.Ba.H3N.2H/c2-1(3,4)5;;;;/h;;1H3;;/q-1;;;;. The molecular weight excluding hydrogens is 238 g/mol. The first kappa shape index (κ1) is 15.8. The van der Waals surface area contributed by atoms with Crippen LogP contribution in [0.3, 0.4) is 0 Å². The zero-order valence-electron chi connectivity index (χ0n) is 2.80. The molecule has 0 saturated heterocycles. The fourth-order valence-corrected chi connectivity index (χ4v) is 0. The fourth-order valence-electron chi connectivity index (χ4n) is 0. The van der Waals surface area contributed by atoms with Crippen LogP contribution in [0.5, 0.6) is 0 Å². The third kappa shape index (κ3) is 119. The van der Waals surface area contributed by atoms with Crippen molar-refractivity contribution in [1.29, 1.82) is 0 Å². The molecule has 0 aliphatic rings. The Morgan fingerprint density at radius 3 is 0.857 bits per heavy atom. The second-order valence-corrected chi connectivity index (χ2v) is 0.495. The molecule has 0 amide bonds. The van der Waals surface area contributed by atoms with E-state index in [2.05, 4.69) is 0 Å². The predicted octanol–water partition coefficient (Wildman–Crippen LogP) is 0.546. The summed E-state index contributed by atoms with van der Waals surface area (Å²) in [4.78, 5) is 0. The Kier molecular flexibility index (Phi) is 12.3. The van der Waals surface area contributed by atoms with E-state index in [1.165, 1.54) is 0 Å². The van der Waals surface area contributed by atoms with Crippen molar-refractivity contribution in [2.75, 3.05) is 0 Å². The van der Waals surface area contributed by atoms with Crippen molar-refractivity contribution in [3.63, 3.8) is 0 Å². The van der Waals surface area contributed by atoms with Crippen molar-refractivity contribution >= 4 is 56.1 Å². The maximum atomic E-state index is 9.75. The second-order valence-electron chi connectivity index (χ2n) is 0.495. The summed E-state index contributed by atoms with van der Waals surface area (Å²) in [5, 5.41) is 0. The van der Waals surface area contributed by atoms with Crippen LogP contribution in [-0.2, 0) is 0 Å². The third-order valence-corrected chi connectivity index (χ3v) is 0. The number of rotatable bonds is 0. The molecule has 0 saturated carbocycles. The molecule has 0 atom stereocenters.